The molecule has 6 rings (SSSR count). The molecular formula is C33H33NO7. The molecule has 0 bridgehead atoms. The second-order valence-corrected chi connectivity index (χ2v) is 11.9. The van der Waals surface area contributed by atoms with Crippen molar-refractivity contribution in [2.24, 2.45) is 17.3 Å². The van der Waals surface area contributed by atoms with Crippen LogP contribution in [-0.4, -0.2) is 27.9 Å². The summed E-state index contributed by atoms with van der Waals surface area (Å²) in [4.78, 5) is 36.0. The lowest BCUT2D eigenvalue weighted by molar-refractivity contribution is -0.384. The van der Waals surface area contributed by atoms with Gasteiger partial charge in [0.05, 0.1) is 10.5 Å². The first kappa shape index (κ1) is 27.0. The summed E-state index contributed by atoms with van der Waals surface area (Å²) in [6.45, 7) is 3.76. The first-order valence-corrected chi connectivity index (χ1v) is 14.2. The standard InChI is InChI=1S/C33H33NO7/c1-19(35)40-31-13-11-27-24-10-8-21-16-30(28(36)18-25(21)23(24)14-15-33(27,31)2)41-29-12-9-22(34(38)39)17-26(29)32(37)20-6-4-3-5-7-20/h3-7,9,12,16-18,23-24,27,31,36H,8,10-11,13-15H2,1-2H3. The molecule has 3 aliphatic rings. The molecule has 212 valence electrons. The molecule has 1 N–H and O–H groups in total. The van der Waals surface area contributed by atoms with Crippen molar-refractivity contribution >= 4 is 17.4 Å². The SMILES string of the molecule is CC(=O)OC1CCC2C3CCc4cc(Oc5ccc([N+](=O)[O-])cc5C(=O)c5ccccc5)c(O)cc4C3CCC12C. The number of carbonyl (C=O) groups excluding carboxylic acids is 2. The summed E-state index contributed by atoms with van der Waals surface area (Å²) in [6.07, 6.45) is 5.65. The molecule has 2 saturated carbocycles. The quantitative estimate of drug-likeness (QED) is 0.149. The Bertz CT molecular complexity index is 1530. The normalized spacial score (nSPS) is 26.3. The summed E-state index contributed by atoms with van der Waals surface area (Å²) in [6, 6.07) is 16.1. The smallest absolute Gasteiger partial charge is 0.302 e. The van der Waals surface area contributed by atoms with Crippen LogP contribution >= 0.6 is 0 Å². The summed E-state index contributed by atoms with van der Waals surface area (Å²) >= 11 is 0. The molecule has 3 aromatic rings. The van der Waals surface area contributed by atoms with Gasteiger partial charge in [0.25, 0.3) is 5.69 Å². The van der Waals surface area contributed by atoms with Crippen molar-refractivity contribution in [2.45, 2.75) is 64.4 Å². The van der Waals surface area contributed by atoms with Gasteiger partial charge in [-0.05, 0) is 85.6 Å². The zero-order valence-corrected chi connectivity index (χ0v) is 23.2. The molecule has 41 heavy (non-hydrogen) atoms. The van der Waals surface area contributed by atoms with E-state index in [2.05, 4.69) is 6.92 Å². The molecular weight excluding hydrogens is 522 g/mol. The Hall–Kier alpha value is -4.20. The van der Waals surface area contributed by atoms with Crippen molar-refractivity contribution in [1.29, 1.82) is 0 Å². The van der Waals surface area contributed by atoms with Gasteiger partial charge in [0, 0.05) is 30.0 Å². The molecule has 5 atom stereocenters. The van der Waals surface area contributed by atoms with Crippen molar-refractivity contribution in [3.8, 4) is 17.2 Å². The first-order chi connectivity index (χ1) is 19.7. The van der Waals surface area contributed by atoms with Crippen LogP contribution in [0.4, 0.5) is 5.69 Å². The second-order valence-electron chi connectivity index (χ2n) is 11.9. The highest BCUT2D eigenvalue weighted by atomic mass is 16.6. The Morgan fingerprint density at radius 3 is 2.51 bits per heavy atom. The topological polar surface area (TPSA) is 116 Å². The number of phenolic OH excluding ortho intramolecular Hbond substituents is 1. The lowest BCUT2D eigenvalue weighted by atomic mass is 9.55. The van der Waals surface area contributed by atoms with Gasteiger partial charge in [-0.3, -0.25) is 19.7 Å². The van der Waals surface area contributed by atoms with E-state index < -0.39 is 10.7 Å². The molecule has 0 saturated heterocycles. The van der Waals surface area contributed by atoms with Gasteiger partial charge in [0.1, 0.15) is 11.9 Å². The number of non-ortho nitro benzene ring substituents is 1. The highest BCUT2D eigenvalue weighted by Crippen LogP contribution is 2.62. The predicted molar refractivity (Wildman–Crippen MR) is 151 cm³/mol. The van der Waals surface area contributed by atoms with E-state index in [4.69, 9.17) is 9.47 Å². The molecule has 0 aliphatic heterocycles. The Labute approximate surface area is 238 Å². The van der Waals surface area contributed by atoms with E-state index in [0.29, 0.717) is 23.3 Å². The van der Waals surface area contributed by atoms with Crippen molar-refractivity contribution in [3.05, 3.63) is 93.0 Å². The van der Waals surface area contributed by atoms with Crippen LogP contribution in [0.5, 0.6) is 17.2 Å². The number of benzene rings is 3. The van der Waals surface area contributed by atoms with Crippen LogP contribution in [-0.2, 0) is 16.0 Å². The van der Waals surface area contributed by atoms with Gasteiger partial charge in [-0.1, -0.05) is 37.3 Å². The van der Waals surface area contributed by atoms with Crippen LogP contribution in [0.25, 0.3) is 0 Å². The van der Waals surface area contributed by atoms with E-state index in [1.807, 2.05) is 6.07 Å². The maximum Gasteiger partial charge on any atom is 0.302 e. The van der Waals surface area contributed by atoms with E-state index >= 15 is 0 Å². The van der Waals surface area contributed by atoms with Gasteiger partial charge < -0.3 is 14.6 Å². The zero-order chi connectivity index (χ0) is 28.9. The molecule has 3 aliphatic carbocycles. The third kappa shape index (κ3) is 4.75. The number of nitro benzene ring substituents is 1. The molecule has 0 heterocycles. The maximum absolute atomic E-state index is 13.3. The van der Waals surface area contributed by atoms with Crippen LogP contribution in [0, 0.1) is 27.4 Å². The fraction of sp³-hybridized carbons (Fsp3) is 0.394. The van der Waals surface area contributed by atoms with Gasteiger partial charge in [0.2, 0.25) is 0 Å². The number of hydrogen-bond donors (Lipinski definition) is 1. The van der Waals surface area contributed by atoms with E-state index in [-0.39, 0.29) is 46.0 Å². The number of nitrogens with zero attached hydrogens (tertiary/aromatic N) is 1. The summed E-state index contributed by atoms with van der Waals surface area (Å²) in [7, 11) is 0. The molecule has 0 amide bonds. The lowest BCUT2D eigenvalue weighted by Gasteiger charge is -2.50. The minimum absolute atomic E-state index is 0.0208. The number of esters is 1. The maximum atomic E-state index is 13.3. The van der Waals surface area contributed by atoms with Gasteiger partial charge >= 0.3 is 5.97 Å². The minimum Gasteiger partial charge on any atom is -0.504 e. The molecule has 3 aromatic carbocycles. The Balaban J connectivity index is 1.29. The number of carbonyl (C=O) groups is 2. The van der Waals surface area contributed by atoms with Gasteiger partial charge in [-0.2, -0.15) is 0 Å². The van der Waals surface area contributed by atoms with Crippen molar-refractivity contribution in [1.82, 2.24) is 0 Å². The van der Waals surface area contributed by atoms with Gasteiger partial charge in [-0.25, -0.2) is 0 Å². The number of aromatic hydroxyl groups is 1. The number of phenols is 1. The third-order valence-electron chi connectivity index (χ3n) is 9.70. The average Bonchev–Trinajstić information content (AvgIpc) is 3.29. The second kappa shape index (κ2) is 10.3. The van der Waals surface area contributed by atoms with E-state index in [9.17, 15) is 24.8 Å². The molecule has 0 radical (unpaired) electrons. The minimum atomic E-state index is -0.549. The largest absolute Gasteiger partial charge is 0.504 e. The summed E-state index contributed by atoms with van der Waals surface area (Å²) in [5.74, 6) is 0.937. The van der Waals surface area contributed by atoms with Gasteiger partial charge in [0.15, 0.2) is 17.3 Å². The lowest BCUT2D eigenvalue weighted by Crippen LogP contribution is -2.45. The third-order valence-corrected chi connectivity index (χ3v) is 9.70. The number of rotatable bonds is 6. The number of hydrogen-bond acceptors (Lipinski definition) is 7. The van der Waals surface area contributed by atoms with E-state index in [1.54, 1.807) is 36.4 Å². The highest BCUT2D eigenvalue weighted by molar-refractivity contribution is 6.11. The predicted octanol–water partition coefficient (Wildman–Crippen LogP) is 7.11. The molecule has 5 unspecified atom stereocenters. The van der Waals surface area contributed by atoms with Crippen LogP contribution in [0.3, 0.4) is 0 Å². The van der Waals surface area contributed by atoms with Crippen molar-refractivity contribution in [3.63, 3.8) is 0 Å². The molecule has 8 heteroatoms. The Kier molecular flexibility index (Phi) is 6.80. The summed E-state index contributed by atoms with van der Waals surface area (Å²) in [5.41, 5.74) is 2.43. The number of ether oxygens (including phenoxy) is 2. The van der Waals surface area contributed by atoms with Crippen LogP contribution in [0.1, 0.15) is 78.9 Å². The highest BCUT2D eigenvalue weighted by Gasteiger charge is 2.56. The number of fused-ring (bicyclic) bond motifs is 5. The van der Waals surface area contributed by atoms with Crippen molar-refractivity contribution < 1.29 is 29.1 Å². The Morgan fingerprint density at radius 2 is 1.78 bits per heavy atom. The monoisotopic (exact) mass is 555 g/mol. The average molecular weight is 556 g/mol. The Morgan fingerprint density at radius 1 is 1.00 bits per heavy atom. The van der Waals surface area contributed by atoms with E-state index in [0.717, 1.165) is 49.7 Å². The molecule has 0 spiro atoms. The van der Waals surface area contributed by atoms with Crippen molar-refractivity contribution in [2.75, 3.05) is 0 Å². The first-order valence-electron chi connectivity index (χ1n) is 14.2. The van der Waals surface area contributed by atoms with Gasteiger partial charge in [-0.15, -0.1) is 0 Å². The van der Waals surface area contributed by atoms with Crippen LogP contribution in [0.2, 0.25) is 0 Å². The number of aryl methyl sites for hydroxylation is 1. The molecule has 2 fully saturated rings. The fourth-order valence-corrected chi connectivity index (χ4v) is 7.78. The fourth-order valence-electron chi connectivity index (χ4n) is 7.78. The van der Waals surface area contributed by atoms with Crippen LogP contribution < -0.4 is 4.74 Å². The van der Waals surface area contributed by atoms with Crippen LogP contribution in [0.15, 0.2) is 60.7 Å². The summed E-state index contributed by atoms with van der Waals surface area (Å²) in [5, 5.41) is 22.6. The molecule has 8 nitrogen and oxygen atoms in total. The summed E-state index contributed by atoms with van der Waals surface area (Å²) < 4.78 is 11.9. The number of ketones is 1. The van der Waals surface area contributed by atoms with E-state index in [1.165, 1.54) is 25.1 Å². The zero-order valence-electron chi connectivity index (χ0n) is 23.2. The molecule has 0 aromatic heterocycles. The number of nitro groups is 1.